The average molecular weight is 308 g/mol. The van der Waals surface area contributed by atoms with Crippen LogP contribution in [0.15, 0.2) is 18.2 Å². The molecular weight excluding hydrogens is 303 g/mol. The minimum absolute atomic E-state index is 0.100. The Morgan fingerprint density at radius 1 is 1.40 bits per heavy atom. The van der Waals surface area contributed by atoms with E-state index >= 15 is 0 Å². The van der Waals surface area contributed by atoms with E-state index in [9.17, 15) is 4.39 Å². The van der Waals surface area contributed by atoms with Crippen molar-refractivity contribution >= 4 is 38.9 Å². The van der Waals surface area contributed by atoms with Crippen LogP contribution in [0, 0.1) is 5.82 Å². The zero-order valence-corrected chi connectivity index (χ0v) is 10.5. The normalized spacial score (nSPS) is 10.6. The minimum atomic E-state index is -0.448. The highest BCUT2D eigenvalue weighted by Crippen LogP contribution is 2.30. The number of benzene rings is 1. The molecule has 0 fully saturated rings. The molecule has 1 aromatic heterocycles. The number of alkyl halides is 1. The van der Waals surface area contributed by atoms with E-state index in [1.165, 1.54) is 17.4 Å². The molecule has 1 aromatic carbocycles. The van der Waals surface area contributed by atoms with Gasteiger partial charge in [0, 0.05) is 5.56 Å². The fraction of sp³-hybridized carbons (Fsp3) is 0.111. The van der Waals surface area contributed by atoms with Gasteiger partial charge in [-0.05, 0) is 12.1 Å². The van der Waals surface area contributed by atoms with Gasteiger partial charge in [0.25, 0.3) is 0 Å². The minimum Gasteiger partial charge on any atom is -0.205 e. The number of halogens is 3. The summed E-state index contributed by atoms with van der Waals surface area (Å²) < 4.78 is 13.6. The van der Waals surface area contributed by atoms with Crippen molar-refractivity contribution in [2.24, 2.45) is 0 Å². The molecule has 0 unspecified atom stereocenters. The topological polar surface area (TPSA) is 25.8 Å². The Morgan fingerprint density at radius 3 is 2.87 bits per heavy atom. The molecule has 15 heavy (non-hydrogen) atoms. The molecular formula is C9H5BrClFN2S. The van der Waals surface area contributed by atoms with E-state index < -0.39 is 5.82 Å². The Balaban J connectivity index is 2.49. The second-order valence-electron chi connectivity index (χ2n) is 2.74. The highest BCUT2D eigenvalue weighted by atomic mass is 79.9. The van der Waals surface area contributed by atoms with E-state index in [0.29, 0.717) is 15.9 Å². The molecule has 0 radical (unpaired) electrons. The first-order chi connectivity index (χ1) is 7.22. The van der Waals surface area contributed by atoms with Gasteiger partial charge in [0.2, 0.25) is 0 Å². The summed E-state index contributed by atoms with van der Waals surface area (Å²) in [5, 5.41) is 9.87. The summed E-state index contributed by atoms with van der Waals surface area (Å²) in [7, 11) is 0. The smallest absolute Gasteiger partial charge is 0.152 e. The van der Waals surface area contributed by atoms with Gasteiger partial charge < -0.3 is 0 Å². The van der Waals surface area contributed by atoms with Crippen LogP contribution in [0.3, 0.4) is 0 Å². The standard InChI is InChI=1S/C9H5BrClFN2S/c10-4-7-13-14-9(15-7)5-2-1-3-6(11)8(5)12/h1-3H,4H2. The van der Waals surface area contributed by atoms with Crippen molar-refractivity contribution in [3.63, 3.8) is 0 Å². The Labute approximate surface area is 103 Å². The molecule has 0 aliphatic carbocycles. The fourth-order valence-corrected chi connectivity index (χ4v) is 2.42. The zero-order valence-electron chi connectivity index (χ0n) is 7.38. The molecule has 0 bridgehead atoms. The molecule has 0 amide bonds. The van der Waals surface area contributed by atoms with Gasteiger partial charge in [0.1, 0.15) is 5.01 Å². The summed E-state index contributed by atoms with van der Waals surface area (Å²) in [5.41, 5.74) is 0.396. The van der Waals surface area contributed by atoms with Crippen molar-refractivity contribution in [1.29, 1.82) is 0 Å². The molecule has 0 saturated carbocycles. The van der Waals surface area contributed by atoms with Crippen molar-refractivity contribution in [3.8, 4) is 10.6 Å². The van der Waals surface area contributed by atoms with E-state index in [1.807, 2.05) is 0 Å². The monoisotopic (exact) mass is 306 g/mol. The van der Waals surface area contributed by atoms with E-state index in [1.54, 1.807) is 12.1 Å². The van der Waals surface area contributed by atoms with Crippen LogP contribution < -0.4 is 0 Å². The lowest BCUT2D eigenvalue weighted by Gasteiger charge is -1.98. The fourth-order valence-electron chi connectivity index (χ4n) is 1.09. The molecule has 0 aliphatic rings. The molecule has 0 saturated heterocycles. The summed E-state index contributed by atoms with van der Waals surface area (Å²) in [5.74, 6) is -0.448. The van der Waals surface area contributed by atoms with Gasteiger partial charge in [-0.3, -0.25) is 0 Å². The van der Waals surface area contributed by atoms with Crippen LogP contribution in [0.25, 0.3) is 10.6 Å². The first-order valence-corrected chi connectivity index (χ1v) is 6.36. The number of nitrogens with zero attached hydrogens (tertiary/aromatic N) is 2. The summed E-state index contributed by atoms with van der Waals surface area (Å²) in [4.78, 5) is 0. The van der Waals surface area contributed by atoms with E-state index in [4.69, 9.17) is 11.6 Å². The van der Waals surface area contributed by atoms with Crippen LogP contribution >= 0.6 is 38.9 Å². The van der Waals surface area contributed by atoms with Crippen LogP contribution in [0.4, 0.5) is 4.39 Å². The van der Waals surface area contributed by atoms with Gasteiger partial charge >= 0.3 is 0 Å². The molecule has 2 nitrogen and oxygen atoms in total. The number of rotatable bonds is 2. The van der Waals surface area contributed by atoms with Gasteiger partial charge in [-0.1, -0.05) is 44.9 Å². The zero-order chi connectivity index (χ0) is 10.8. The Bertz CT molecular complexity index is 489. The summed E-state index contributed by atoms with van der Waals surface area (Å²) in [6.07, 6.45) is 0. The lowest BCUT2D eigenvalue weighted by atomic mass is 10.2. The van der Waals surface area contributed by atoms with Crippen molar-refractivity contribution in [3.05, 3.63) is 34.0 Å². The lowest BCUT2D eigenvalue weighted by molar-refractivity contribution is 0.631. The highest BCUT2D eigenvalue weighted by Gasteiger charge is 2.12. The quantitative estimate of drug-likeness (QED) is 0.787. The maximum atomic E-state index is 13.6. The largest absolute Gasteiger partial charge is 0.205 e. The van der Waals surface area contributed by atoms with E-state index in [2.05, 4.69) is 26.1 Å². The average Bonchev–Trinajstić information content (AvgIpc) is 2.70. The molecule has 6 heteroatoms. The second-order valence-corrected chi connectivity index (χ2v) is 4.77. The Hall–Kier alpha value is -0.520. The van der Waals surface area contributed by atoms with Crippen molar-refractivity contribution in [1.82, 2.24) is 10.2 Å². The molecule has 0 atom stereocenters. The van der Waals surface area contributed by atoms with Crippen molar-refractivity contribution < 1.29 is 4.39 Å². The molecule has 0 aliphatic heterocycles. The van der Waals surface area contributed by atoms with Crippen LogP contribution in [-0.2, 0) is 5.33 Å². The van der Waals surface area contributed by atoms with Crippen molar-refractivity contribution in [2.45, 2.75) is 5.33 Å². The Kier molecular flexibility index (Phi) is 3.33. The van der Waals surface area contributed by atoms with Gasteiger partial charge in [0.05, 0.1) is 10.4 Å². The van der Waals surface area contributed by atoms with Crippen LogP contribution in [0.5, 0.6) is 0 Å². The summed E-state index contributed by atoms with van der Waals surface area (Å²) in [6.45, 7) is 0. The van der Waals surface area contributed by atoms with E-state index in [0.717, 1.165) is 5.01 Å². The maximum absolute atomic E-state index is 13.6. The molecule has 2 rings (SSSR count). The van der Waals surface area contributed by atoms with Crippen LogP contribution in [0.1, 0.15) is 5.01 Å². The van der Waals surface area contributed by atoms with Crippen molar-refractivity contribution in [2.75, 3.05) is 0 Å². The highest BCUT2D eigenvalue weighted by molar-refractivity contribution is 9.08. The molecule has 2 aromatic rings. The van der Waals surface area contributed by atoms with Gasteiger partial charge in [-0.15, -0.1) is 10.2 Å². The predicted octanol–water partition coefficient (Wildman–Crippen LogP) is 3.89. The molecule has 1 heterocycles. The third-order valence-corrected chi connectivity index (χ3v) is 3.91. The third-order valence-electron chi connectivity index (χ3n) is 1.76. The number of aromatic nitrogens is 2. The maximum Gasteiger partial charge on any atom is 0.152 e. The van der Waals surface area contributed by atoms with Gasteiger partial charge in [-0.25, -0.2) is 4.39 Å². The SMILES string of the molecule is Fc1c(Cl)cccc1-c1nnc(CBr)s1. The van der Waals surface area contributed by atoms with Crippen LogP contribution in [0.2, 0.25) is 5.02 Å². The first-order valence-electron chi connectivity index (χ1n) is 4.05. The summed E-state index contributed by atoms with van der Waals surface area (Å²) >= 11 is 10.3. The lowest BCUT2D eigenvalue weighted by Crippen LogP contribution is -1.84. The number of hydrogen-bond acceptors (Lipinski definition) is 3. The molecule has 78 valence electrons. The van der Waals surface area contributed by atoms with Gasteiger partial charge in [-0.2, -0.15) is 0 Å². The molecule has 0 N–H and O–H groups in total. The first kappa shape index (κ1) is 11.0. The molecule has 0 spiro atoms. The van der Waals surface area contributed by atoms with Gasteiger partial charge in [0.15, 0.2) is 10.8 Å². The second kappa shape index (κ2) is 4.55. The predicted molar refractivity (Wildman–Crippen MR) is 62.9 cm³/mol. The van der Waals surface area contributed by atoms with E-state index in [-0.39, 0.29) is 5.02 Å². The van der Waals surface area contributed by atoms with Crippen LogP contribution in [-0.4, -0.2) is 10.2 Å². The summed E-state index contributed by atoms with van der Waals surface area (Å²) in [6, 6.07) is 4.84. The Morgan fingerprint density at radius 2 is 2.20 bits per heavy atom. The third kappa shape index (κ3) is 2.19. The number of hydrogen-bond donors (Lipinski definition) is 0.